The molecule has 0 radical (unpaired) electrons. The van der Waals surface area contributed by atoms with E-state index in [4.69, 9.17) is 5.26 Å². The zero-order valence-corrected chi connectivity index (χ0v) is 12.4. The van der Waals surface area contributed by atoms with Crippen LogP contribution in [0.1, 0.15) is 16.8 Å². The first kappa shape index (κ1) is 15.2. The zero-order valence-electron chi connectivity index (χ0n) is 11.6. The molecule has 1 N–H and O–H groups in total. The van der Waals surface area contributed by atoms with Gasteiger partial charge in [-0.05, 0) is 36.2 Å². The van der Waals surface area contributed by atoms with E-state index >= 15 is 0 Å². The number of nitrogens with zero attached hydrogens (tertiary/aromatic N) is 2. The van der Waals surface area contributed by atoms with E-state index < -0.39 is 10.0 Å². The minimum Gasteiger partial charge on any atom is -0.260 e. The van der Waals surface area contributed by atoms with Crippen LogP contribution in [0, 0.1) is 18.3 Å². The Bertz CT molecular complexity index is 762. The number of aryl methyl sites for hydroxylation is 1. The Labute approximate surface area is 124 Å². The summed E-state index contributed by atoms with van der Waals surface area (Å²) in [4.78, 5) is 4.33. The van der Waals surface area contributed by atoms with E-state index in [1.165, 1.54) is 12.1 Å². The van der Waals surface area contributed by atoms with E-state index in [-0.39, 0.29) is 17.9 Å². The second-order valence-electron chi connectivity index (χ2n) is 4.57. The molecular formula is C15H15N3O2S. The van der Waals surface area contributed by atoms with Crippen molar-refractivity contribution >= 4 is 10.0 Å². The summed E-state index contributed by atoms with van der Waals surface area (Å²) < 4.78 is 26.9. The minimum atomic E-state index is -3.58. The Kier molecular flexibility index (Phi) is 4.68. The summed E-state index contributed by atoms with van der Waals surface area (Å²) in [5, 5.41) is 8.60. The summed E-state index contributed by atoms with van der Waals surface area (Å²) in [5.74, 6) is 0. The average molecular weight is 301 g/mol. The van der Waals surface area contributed by atoms with Gasteiger partial charge in [0.2, 0.25) is 10.0 Å². The van der Waals surface area contributed by atoms with Crippen LogP contribution in [0.2, 0.25) is 0 Å². The molecule has 0 atom stereocenters. The van der Waals surface area contributed by atoms with Crippen molar-refractivity contribution in [2.45, 2.75) is 24.8 Å². The van der Waals surface area contributed by atoms with E-state index in [9.17, 15) is 8.42 Å². The van der Waals surface area contributed by atoms with Crippen molar-refractivity contribution < 1.29 is 8.42 Å². The monoisotopic (exact) mass is 301 g/mol. The molecule has 1 heterocycles. The summed E-state index contributed by atoms with van der Waals surface area (Å²) >= 11 is 0. The van der Waals surface area contributed by atoms with Gasteiger partial charge in [-0.2, -0.15) is 5.26 Å². The molecule has 108 valence electrons. The molecule has 2 aromatic rings. The molecule has 0 saturated carbocycles. The maximum Gasteiger partial charge on any atom is 0.240 e. The Morgan fingerprint density at radius 2 is 1.95 bits per heavy atom. The first-order chi connectivity index (χ1) is 10.0. The first-order valence-electron chi connectivity index (χ1n) is 6.39. The molecule has 0 fully saturated rings. The van der Waals surface area contributed by atoms with Crippen LogP contribution < -0.4 is 4.72 Å². The molecule has 0 aliphatic carbocycles. The third-order valence-corrected chi connectivity index (χ3v) is 4.48. The lowest BCUT2D eigenvalue weighted by molar-refractivity contribution is 0.580. The Balaban J connectivity index is 2.12. The van der Waals surface area contributed by atoms with E-state index in [1.807, 2.05) is 19.1 Å². The second kappa shape index (κ2) is 6.48. The van der Waals surface area contributed by atoms with Gasteiger partial charge in [-0.1, -0.05) is 18.2 Å². The Hall–Kier alpha value is -2.23. The summed E-state index contributed by atoms with van der Waals surface area (Å²) in [5.41, 5.74) is 2.42. The van der Waals surface area contributed by atoms with Gasteiger partial charge in [-0.3, -0.25) is 4.98 Å². The van der Waals surface area contributed by atoms with Crippen LogP contribution in [0.15, 0.2) is 47.5 Å². The molecule has 0 spiro atoms. The summed E-state index contributed by atoms with van der Waals surface area (Å²) in [6.07, 6.45) is 1.90. The highest BCUT2D eigenvalue weighted by atomic mass is 32.2. The van der Waals surface area contributed by atoms with Crippen molar-refractivity contribution in [2.24, 2.45) is 0 Å². The van der Waals surface area contributed by atoms with E-state index in [0.717, 1.165) is 11.1 Å². The molecule has 2 rings (SSSR count). The molecule has 5 nitrogen and oxygen atoms in total. The third kappa shape index (κ3) is 3.88. The third-order valence-electron chi connectivity index (χ3n) is 3.06. The summed E-state index contributed by atoms with van der Waals surface area (Å²) in [6.45, 7) is 2.03. The topological polar surface area (TPSA) is 82.8 Å². The number of aromatic nitrogens is 1. The van der Waals surface area contributed by atoms with Crippen molar-refractivity contribution in [3.63, 3.8) is 0 Å². The number of benzene rings is 1. The maximum atomic E-state index is 12.2. The highest BCUT2D eigenvalue weighted by Gasteiger charge is 2.14. The van der Waals surface area contributed by atoms with Gasteiger partial charge in [0.25, 0.3) is 0 Å². The van der Waals surface area contributed by atoms with Crippen LogP contribution >= 0.6 is 0 Å². The average Bonchev–Trinajstić information content (AvgIpc) is 2.47. The van der Waals surface area contributed by atoms with Crippen LogP contribution in [0.3, 0.4) is 0 Å². The van der Waals surface area contributed by atoms with Crippen LogP contribution in [0.5, 0.6) is 0 Å². The van der Waals surface area contributed by atoms with E-state index in [0.29, 0.717) is 5.69 Å². The van der Waals surface area contributed by atoms with Gasteiger partial charge in [-0.15, -0.1) is 0 Å². The fourth-order valence-corrected chi connectivity index (χ4v) is 2.82. The molecule has 0 aliphatic rings. The predicted octanol–water partition coefficient (Wildman–Crippen LogP) is 1.93. The van der Waals surface area contributed by atoms with Crippen LogP contribution in [0.4, 0.5) is 0 Å². The zero-order chi connectivity index (χ0) is 15.3. The fraction of sp³-hybridized carbons (Fsp3) is 0.200. The van der Waals surface area contributed by atoms with Crippen molar-refractivity contribution in [2.75, 3.05) is 0 Å². The number of rotatable bonds is 5. The van der Waals surface area contributed by atoms with Crippen molar-refractivity contribution in [1.29, 1.82) is 5.26 Å². The van der Waals surface area contributed by atoms with E-state index in [1.54, 1.807) is 24.4 Å². The molecule has 21 heavy (non-hydrogen) atoms. The standard InChI is InChI=1S/C15H15N3O2S/c1-12-3-2-10-17-15(12)11-18-21(19,20)14-6-4-13(5-7-14)8-9-16/h2-7,10,18H,8,11H2,1H3. The van der Waals surface area contributed by atoms with Gasteiger partial charge >= 0.3 is 0 Å². The molecule has 1 aromatic heterocycles. The van der Waals surface area contributed by atoms with Crippen LogP contribution in [0.25, 0.3) is 0 Å². The second-order valence-corrected chi connectivity index (χ2v) is 6.34. The van der Waals surface area contributed by atoms with Crippen LogP contribution in [-0.2, 0) is 23.0 Å². The Morgan fingerprint density at radius 3 is 2.57 bits per heavy atom. The van der Waals surface area contributed by atoms with Gasteiger partial charge in [0.05, 0.1) is 29.6 Å². The lowest BCUT2D eigenvalue weighted by atomic mass is 10.2. The molecule has 0 saturated heterocycles. The quantitative estimate of drug-likeness (QED) is 0.914. The maximum absolute atomic E-state index is 12.2. The minimum absolute atomic E-state index is 0.148. The lowest BCUT2D eigenvalue weighted by Gasteiger charge is -2.08. The van der Waals surface area contributed by atoms with Gasteiger partial charge in [0, 0.05) is 6.20 Å². The molecule has 6 heteroatoms. The highest BCUT2D eigenvalue weighted by molar-refractivity contribution is 7.89. The van der Waals surface area contributed by atoms with Crippen molar-refractivity contribution in [1.82, 2.24) is 9.71 Å². The molecule has 0 bridgehead atoms. The van der Waals surface area contributed by atoms with Gasteiger partial charge in [0.15, 0.2) is 0 Å². The highest BCUT2D eigenvalue weighted by Crippen LogP contribution is 2.12. The molecule has 0 unspecified atom stereocenters. The van der Waals surface area contributed by atoms with Gasteiger partial charge in [0.1, 0.15) is 0 Å². The van der Waals surface area contributed by atoms with Gasteiger partial charge < -0.3 is 0 Å². The smallest absolute Gasteiger partial charge is 0.240 e. The van der Waals surface area contributed by atoms with Crippen molar-refractivity contribution in [3.05, 3.63) is 59.4 Å². The summed E-state index contributed by atoms with van der Waals surface area (Å²) in [7, 11) is -3.58. The van der Waals surface area contributed by atoms with Crippen LogP contribution in [-0.4, -0.2) is 13.4 Å². The van der Waals surface area contributed by atoms with E-state index in [2.05, 4.69) is 9.71 Å². The Morgan fingerprint density at radius 1 is 1.24 bits per heavy atom. The fourth-order valence-electron chi connectivity index (χ4n) is 1.83. The SMILES string of the molecule is Cc1cccnc1CNS(=O)(=O)c1ccc(CC#N)cc1. The first-order valence-corrected chi connectivity index (χ1v) is 7.87. The summed E-state index contributed by atoms with van der Waals surface area (Å²) in [6, 6.07) is 12.0. The molecule has 1 aromatic carbocycles. The number of pyridine rings is 1. The number of hydrogen-bond donors (Lipinski definition) is 1. The lowest BCUT2D eigenvalue weighted by Crippen LogP contribution is -2.24. The molecule has 0 amide bonds. The number of hydrogen-bond acceptors (Lipinski definition) is 4. The van der Waals surface area contributed by atoms with Crippen molar-refractivity contribution in [3.8, 4) is 6.07 Å². The molecular weight excluding hydrogens is 286 g/mol. The largest absolute Gasteiger partial charge is 0.260 e. The normalized spacial score (nSPS) is 11.0. The van der Waals surface area contributed by atoms with Gasteiger partial charge in [-0.25, -0.2) is 13.1 Å². The molecule has 0 aliphatic heterocycles. The number of nitrogens with one attached hydrogen (secondary N) is 1. The number of nitriles is 1. The predicted molar refractivity (Wildman–Crippen MR) is 78.8 cm³/mol. The number of sulfonamides is 1.